The van der Waals surface area contributed by atoms with E-state index in [4.69, 9.17) is 0 Å². The molecular weight excluding hydrogens is 615 g/mol. The molecule has 0 aromatic carbocycles. The van der Waals surface area contributed by atoms with Crippen LogP contribution in [-0.2, 0) is 16.1 Å². The van der Waals surface area contributed by atoms with E-state index >= 15 is 0 Å². The SMILES string of the molecule is O=C(NCc1cccs1)[C@H]1CN(C(=O)[C@@H](CCCCNCC(F)(F)F)CC2CCCCC2)CC[C@H]1NC(=O)N1CCC2(CC1)CC2. The van der Waals surface area contributed by atoms with Gasteiger partial charge in [-0.1, -0.05) is 44.6 Å². The lowest BCUT2D eigenvalue weighted by Crippen LogP contribution is -2.59. The van der Waals surface area contributed by atoms with E-state index in [1.54, 1.807) is 11.3 Å². The highest BCUT2D eigenvalue weighted by atomic mass is 32.1. The summed E-state index contributed by atoms with van der Waals surface area (Å²) >= 11 is 1.57. The van der Waals surface area contributed by atoms with Gasteiger partial charge in [-0.2, -0.15) is 13.2 Å². The summed E-state index contributed by atoms with van der Waals surface area (Å²) in [6.45, 7) is 1.87. The summed E-state index contributed by atoms with van der Waals surface area (Å²) in [6, 6.07) is 3.43. The number of urea groups is 1. The normalized spacial score (nSPS) is 24.1. The fourth-order valence-electron chi connectivity index (χ4n) is 7.72. The van der Waals surface area contributed by atoms with Gasteiger partial charge >= 0.3 is 12.2 Å². The molecule has 46 heavy (non-hydrogen) atoms. The van der Waals surface area contributed by atoms with E-state index in [1.165, 1.54) is 32.1 Å². The molecule has 4 fully saturated rings. The van der Waals surface area contributed by atoms with Crippen molar-refractivity contribution in [3.63, 3.8) is 0 Å². The molecule has 4 amide bonds. The number of thiophene rings is 1. The maximum atomic E-state index is 14.1. The van der Waals surface area contributed by atoms with Gasteiger partial charge in [0.1, 0.15) is 0 Å². The van der Waals surface area contributed by atoms with E-state index in [0.717, 1.165) is 50.1 Å². The standard InChI is InChI=1S/C34H52F3N5O3S/c35-34(36,37)24-38-16-5-4-9-26(21-25-7-2-1-3-8-25)31(44)42-17-11-29(28(23-42)30(43)39-22-27-10-6-20-46-27)40-32(45)41-18-14-33(12-13-33)15-19-41/h6,10,20,25-26,28-29,38H,1-5,7-9,11-19,21-24H2,(H,39,43)(H,40,45)/t26-,28-,29+/m0/s1. The predicted octanol–water partition coefficient (Wildman–Crippen LogP) is 6.08. The number of halogens is 3. The molecule has 5 rings (SSSR count). The van der Waals surface area contributed by atoms with E-state index in [9.17, 15) is 27.6 Å². The number of amides is 4. The minimum absolute atomic E-state index is 0.0421. The molecule has 0 bridgehead atoms. The zero-order chi connectivity index (χ0) is 32.6. The van der Waals surface area contributed by atoms with Crippen LogP contribution in [0.2, 0.25) is 0 Å². The number of hydrogen-bond donors (Lipinski definition) is 3. The first-order valence-corrected chi connectivity index (χ1v) is 18.4. The Morgan fingerprint density at radius 1 is 0.978 bits per heavy atom. The van der Waals surface area contributed by atoms with Crippen LogP contribution in [0.15, 0.2) is 17.5 Å². The number of nitrogens with zero attached hydrogens (tertiary/aromatic N) is 2. The van der Waals surface area contributed by atoms with Crippen molar-refractivity contribution in [2.75, 3.05) is 39.3 Å². The summed E-state index contributed by atoms with van der Waals surface area (Å²) < 4.78 is 37.6. The van der Waals surface area contributed by atoms with E-state index in [1.807, 2.05) is 27.3 Å². The summed E-state index contributed by atoms with van der Waals surface area (Å²) in [6.07, 6.45) is 9.31. The van der Waals surface area contributed by atoms with Gasteiger partial charge in [0.2, 0.25) is 11.8 Å². The molecule has 2 aliphatic carbocycles. The highest BCUT2D eigenvalue weighted by Crippen LogP contribution is 2.53. The highest BCUT2D eigenvalue weighted by Gasteiger charge is 2.46. The molecule has 3 atom stereocenters. The van der Waals surface area contributed by atoms with Gasteiger partial charge in [0, 0.05) is 43.0 Å². The third kappa shape index (κ3) is 10.3. The number of likely N-dealkylation sites (tertiary alicyclic amines) is 2. The number of piperidine rings is 2. The second kappa shape index (κ2) is 16.2. The van der Waals surface area contributed by atoms with Crippen LogP contribution < -0.4 is 16.0 Å². The Morgan fingerprint density at radius 2 is 1.74 bits per heavy atom. The summed E-state index contributed by atoms with van der Waals surface area (Å²) in [5.74, 6) is -0.420. The molecule has 2 aliphatic heterocycles. The molecule has 1 aromatic heterocycles. The zero-order valence-electron chi connectivity index (χ0n) is 27.1. The van der Waals surface area contributed by atoms with Crippen LogP contribution >= 0.6 is 11.3 Å². The average Bonchev–Trinajstić information content (AvgIpc) is 3.57. The molecule has 2 saturated heterocycles. The lowest BCUT2D eigenvalue weighted by Gasteiger charge is -2.41. The van der Waals surface area contributed by atoms with Gasteiger partial charge in [0.25, 0.3) is 0 Å². The van der Waals surface area contributed by atoms with Crippen LogP contribution in [0.1, 0.15) is 94.8 Å². The molecular formula is C34H52F3N5O3S. The van der Waals surface area contributed by atoms with Crippen molar-refractivity contribution in [1.29, 1.82) is 0 Å². The van der Waals surface area contributed by atoms with Gasteiger partial charge in [-0.25, -0.2) is 4.79 Å². The minimum atomic E-state index is -4.23. The van der Waals surface area contributed by atoms with E-state index in [2.05, 4.69) is 16.0 Å². The van der Waals surface area contributed by atoms with Gasteiger partial charge in [-0.15, -0.1) is 11.3 Å². The maximum absolute atomic E-state index is 14.1. The average molecular weight is 668 g/mol. The fourth-order valence-corrected chi connectivity index (χ4v) is 8.36. The molecule has 0 unspecified atom stereocenters. The number of hydrogen-bond acceptors (Lipinski definition) is 5. The first-order chi connectivity index (χ1) is 22.1. The first-order valence-electron chi connectivity index (χ1n) is 17.5. The summed E-state index contributed by atoms with van der Waals surface area (Å²) in [7, 11) is 0. The summed E-state index contributed by atoms with van der Waals surface area (Å²) in [4.78, 5) is 45.9. The number of carbonyl (C=O) groups excluding carboxylic acids is 3. The number of rotatable bonds is 13. The van der Waals surface area contributed by atoms with Crippen LogP contribution in [0, 0.1) is 23.2 Å². The monoisotopic (exact) mass is 667 g/mol. The first kappa shape index (κ1) is 35.0. The fraction of sp³-hybridized carbons (Fsp3) is 0.794. The number of alkyl halides is 3. The predicted molar refractivity (Wildman–Crippen MR) is 173 cm³/mol. The molecule has 12 heteroatoms. The molecule has 258 valence electrons. The third-order valence-electron chi connectivity index (χ3n) is 10.8. The molecule has 0 radical (unpaired) electrons. The Kier molecular flexibility index (Phi) is 12.3. The van der Waals surface area contributed by atoms with Gasteiger partial charge in [0.05, 0.1) is 19.0 Å². The number of unbranched alkanes of at least 4 members (excludes halogenated alkanes) is 1. The smallest absolute Gasteiger partial charge is 0.351 e. The highest BCUT2D eigenvalue weighted by molar-refractivity contribution is 7.09. The van der Waals surface area contributed by atoms with Crippen molar-refractivity contribution >= 4 is 29.2 Å². The zero-order valence-corrected chi connectivity index (χ0v) is 27.9. The Hall–Kier alpha value is -2.34. The Morgan fingerprint density at radius 3 is 2.41 bits per heavy atom. The van der Waals surface area contributed by atoms with Crippen molar-refractivity contribution in [1.82, 2.24) is 25.8 Å². The molecule has 1 spiro atoms. The van der Waals surface area contributed by atoms with Crippen LogP contribution in [0.4, 0.5) is 18.0 Å². The van der Waals surface area contributed by atoms with Gasteiger partial charge in [0.15, 0.2) is 0 Å². The van der Waals surface area contributed by atoms with Crippen molar-refractivity contribution in [3.05, 3.63) is 22.4 Å². The van der Waals surface area contributed by atoms with E-state index < -0.39 is 18.6 Å². The second-order valence-electron chi connectivity index (χ2n) is 14.2. The Bertz CT molecular complexity index is 1130. The summed E-state index contributed by atoms with van der Waals surface area (Å²) in [5.41, 5.74) is 0.459. The van der Waals surface area contributed by atoms with Gasteiger partial charge in [-0.3, -0.25) is 9.59 Å². The van der Waals surface area contributed by atoms with Crippen molar-refractivity contribution < 1.29 is 27.6 Å². The minimum Gasteiger partial charge on any atom is -0.351 e. The van der Waals surface area contributed by atoms with Crippen molar-refractivity contribution in [3.8, 4) is 0 Å². The van der Waals surface area contributed by atoms with Crippen LogP contribution in [-0.4, -0.2) is 79.1 Å². The van der Waals surface area contributed by atoms with Crippen molar-refractivity contribution in [2.45, 2.75) is 109 Å². The lowest BCUT2D eigenvalue weighted by molar-refractivity contribution is -0.141. The number of carbonyl (C=O) groups is 3. The van der Waals surface area contributed by atoms with Crippen LogP contribution in [0.3, 0.4) is 0 Å². The molecule has 3 heterocycles. The Labute approximate surface area is 275 Å². The lowest BCUT2D eigenvalue weighted by atomic mass is 9.80. The van der Waals surface area contributed by atoms with E-state index in [-0.39, 0.29) is 42.9 Å². The second-order valence-corrected chi connectivity index (χ2v) is 15.3. The maximum Gasteiger partial charge on any atom is 0.401 e. The number of nitrogens with one attached hydrogen (secondary N) is 3. The quantitative estimate of drug-likeness (QED) is 0.223. The van der Waals surface area contributed by atoms with Crippen LogP contribution in [0.25, 0.3) is 0 Å². The topological polar surface area (TPSA) is 93.8 Å². The largest absolute Gasteiger partial charge is 0.401 e. The summed E-state index contributed by atoms with van der Waals surface area (Å²) in [5, 5.41) is 10.7. The third-order valence-corrected chi connectivity index (χ3v) is 11.7. The van der Waals surface area contributed by atoms with E-state index in [0.29, 0.717) is 50.1 Å². The Balaban J connectivity index is 1.21. The van der Waals surface area contributed by atoms with Crippen LogP contribution in [0.5, 0.6) is 0 Å². The van der Waals surface area contributed by atoms with Crippen molar-refractivity contribution in [2.24, 2.45) is 23.2 Å². The van der Waals surface area contributed by atoms with Gasteiger partial charge < -0.3 is 25.8 Å². The molecule has 4 aliphatic rings. The van der Waals surface area contributed by atoms with Gasteiger partial charge in [-0.05, 0) is 80.7 Å². The molecule has 2 saturated carbocycles. The molecule has 8 nitrogen and oxygen atoms in total. The molecule has 1 aromatic rings. The molecule has 3 N–H and O–H groups in total.